The second kappa shape index (κ2) is 5.51. The number of benzene rings is 1. The van der Waals surface area contributed by atoms with Crippen molar-refractivity contribution < 1.29 is 66.1 Å². The molecule has 0 fully saturated rings. The van der Waals surface area contributed by atoms with Gasteiger partial charge in [-0.1, -0.05) is 18.2 Å². The summed E-state index contributed by atoms with van der Waals surface area (Å²) in [6.07, 6.45) is 0. The van der Waals surface area contributed by atoms with Gasteiger partial charge in [-0.3, -0.25) is 4.79 Å². The van der Waals surface area contributed by atoms with Crippen LogP contribution in [0.25, 0.3) is 0 Å². The molecule has 1 aromatic carbocycles. The second-order valence-electron chi connectivity index (χ2n) is 2.20. The van der Waals surface area contributed by atoms with Gasteiger partial charge in [0.25, 0.3) is 0 Å². The largest absolute Gasteiger partial charge is 1.00 e. The van der Waals surface area contributed by atoms with Crippen molar-refractivity contribution in [3.8, 4) is 0 Å². The SMILES string of the molecule is NC(=O)c1ccccc1C(=O)[O-].[K+]. The van der Waals surface area contributed by atoms with Crippen LogP contribution in [0.15, 0.2) is 24.3 Å². The van der Waals surface area contributed by atoms with Crippen molar-refractivity contribution in [2.75, 3.05) is 0 Å². The fourth-order valence-corrected chi connectivity index (χ4v) is 0.876. The summed E-state index contributed by atoms with van der Waals surface area (Å²) in [7, 11) is 0. The standard InChI is InChI=1S/C8H7NO3.K/c9-7(10)5-3-1-2-4-6(5)8(11)12;/h1-4H,(H2,9,10)(H,11,12);/q;+1/p-1. The van der Waals surface area contributed by atoms with Gasteiger partial charge in [0, 0.05) is 11.1 Å². The van der Waals surface area contributed by atoms with Gasteiger partial charge in [0.1, 0.15) is 0 Å². The molecule has 13 heavy (non-hydrogen) atoms. The third-order valence-electron chi connectivity index (χ3n) is 1.41. The van der Waals surface area contributed by atoms with Crippen molar-refractivity contribution >= 4 is 11.9 Å². The average Bonchev–Trinajstić information content (AvgIpc) is 2.04. The van der Waals surface area contributed by atoms with Crippen LogP contribution in [-0.2, 0) is 0 Å². The van der Waals surface area contributed by atoms with Crippen LogP contribution in [0.5, 0.6) is 0 Å². The number of carboxylic acids is 1. The molecule has 1 amide bonds. The summed E-state index contributed by atoms with van der Waals surface area (Å²) in [5, 5.41) is 10.4. The van der Waals surface area contributed by atoms with Crippen LogP contribution in [0.3, 0.4) is 0 Å². The summed E-state index contributed by atoms with van der Waals surface area (Å²) >= 11 is 0. The van der Waals surface area contributed by atoms with Crippen LogP contribution in [-0.4, -0.2) is 11.9 Å². The van der Waals surface area contributed by atoms with Crippen LogP contribution in [0, 0.1) is 0 Å². The maximum Gasteiger partial charge on any atom is 1.00 e. The van der Waals surface area contributed by atoms with Crippen LogP contribution in [0.4, 0.5) is 0 Å². The Kier molecular flexibility index (Phi) is 5.42. The molecular weight excluding hydrogens is 197 g/mol. The Morgan fingerprint density at radius 2 is 1.62 bits per heavy atom. The number of hydrogen-bond acceptors (Lipinski definition) is 3. The van der Waals surface area contributed by atoms with Crippen molar-refractivity contribution in [3.05, 3.63) is 35.4 Å². The van der Waals surface area contributed by atoms with Crippen molar-refractivity contribution in [2.45, 2.75) is 0 Å². The van der Waals surface area contributed by atoms with E-state index in [1.54, 1.807) is 0 Å². The molecule has 0 atom stereocenters. The van der Waals surface area contributed by atoms with Crippen LogP contribution >= 0.6 is 0 Å². The zero-order chi connectivity index (χ0) is 9.14. The van der Waals surface area contributed by atoms with Gasteiger partial charge in [-0.05, 0) is 6.07 Å². The van der Waals surface area contributed by atoms with E-state index in [-0.39, 0.29) is 62.5 Å². The average molecular weight is 203 g/mol. The number of hydrogen-bond donors (Lipinski definition) is 1. The second-order valence-corrected chi connectivity index (χ2v) is 2.20. The third-order valence-corrected chi connectivity index (χ3v) is 1.41. The molecular formula is C8H6KNO3. The summed E-state index contributed by atoms with van der Waals surface area (Å²) in [5.41, 5.74) is 4.72. The zero-order valence-corrected chi connectivity index (χ0v) is 10.2. The maximum absolute atomic E-state index is 10.7. The minimum atomic E-state index is -1.40. The van der Waals surface area contributed by atoms with Gasteiger partial charge >= 0.3 is 51.4 Å². The monoisotopic (exact) mass is 203 g/mol. The van der Waals surface area contributed by atoms with E-state index >= 15 is 0 Å². The summed E-state index contributed by atoms with van der Waals surface area (Å²) in [5.74, 6) is -2.17. The van der Waals surface area contributed by atoms with Gasteiger partial charge in [-0.15, -0.1) is 0 Å². The summed E-state index contributed by atoms with van der Waals surface area (Å²) in [6, 6.07) is 5.65. The first kappa shape index (κ1) is 12.8. The van der Waals surface area contributed by atoms with Crippen molar-refractivity contribution in [2.24, 2.45) is 5.73 Å². The molecule has 0 heterocycles. The van der Waals surface area contributed by atoms with Gasteiger partial charge in [-0.2, -0.15) is 0 Å². The summed E-state index contributed by atoms with van der Waals surface area (Å²) in [4.78, 5) is 21.1. The molecule has 0 saturated heterocycles. The molecule has 0 aliphatic heterocycles. The normalized spacial score (nSPS) is 8.62. The fraction of sp³-hybridized carbons (Fsp3) is 0. The Morgan fingerprint density at radius 1 is 1.15 bits per heavy atom. The first-order chi connectivity index (χ1) is 5.63. The van der Waals surface area contributed by atoms with E-state index < -0.39 is 11.9 Å². The van der Waals surface area contributed by atoms with Gasteiger partial charge in [0.15, 0.2) is 0 Å². The minimum Gasteiger partial charge on any atom is -0.545 e. The van der Waals surface area contributed by atoms with E-state index in [0.717, 1.165) is 0 Å². The molecule has 0 bridgehead atoms. The number of rotatable bonds is 2. The van der Waals surface area contributed by atoms with Crippen LogP contribution in [0.2, 0.25) is 0 Å². The van der Waals surface area contributed by atoms with E-state index in [0.29, 0.717) is 0 Å². The Bertz CT molecular complexity index is 305. The molecule has 62 valence electrons. The first-order valence-corrected chi connectivity index (χ1v) is 3.23. The van der Waals surface area contributed by atoms with E-state index in [2.05, 4.69) is 0 Å². The van der Waals surface area contributed by atoms with E-state index in [4.69, 9.17) is 5.73 Å². The molecule has 1 aromatic rings. The topological polar surface area (TPSA) is 83.2 Å². The number of aromatic carboxylic acids is 1. The first-order valence-electron chi connectivity index (χ1n) is 3.23. The minimum absolute atomic E-state index is 0. The number of nitrogens with two attached hydrogens (primary N) is 1. The number of carboxylic acid groups (broad SMARTS) is 1. The predicted octanol–water partition coefficient (Wildman–Crippen LogP) is -3.85. The molecule has 1 rings (SSSR count). The Balaban J connectivity index is 0.00000144. The van der Waals surface area contributed by atoms with E-state index in [1.807, 2.05) is 0 Å². The molecule has 4 nitrogen and oxygen atoms in total. The summed E-state index contributed by atoms with van der Waals surface area (Å²) < 4.78 is 0. The molecule has 2 N–H and O–H groups in total. The Hall–Kier alpha value is -0.204. The molecule has 0 spiro atoms. The molecule has 0 aliphatic carbocycles. The number of amides is 1. The molecule has 0 aliphatic rings. The zero-order valence-electron chi connectivity index (χ0n) is 7.11. The number of primary amides is 1. The molecule has 5 heteroatoms. The number of carbonyl (C=O) groups is 2. The third kappa shape index (κ3) is 3.20. The van der Waals surface area contributed by atoms with Gasteiger partial charge in [-0.25, -0.2) is 0 Å². The summed E-state index contributed by atoms with van der Waals surface area (Å²) in [6.45, 7) is 0. The molecule has 0 saturated carbocycles. The van der Waals surface area contributed by atoms with Crippen LogP contribution in [0.1, 0.15) is 20.7 Å². The molecule has 0 aromatic heterocycles. The van der Waals surface area contributed by atoms with Gasteiger partial charge < -0.3 is 15.6 Å². The Labute approximate surface area is 118 Å². The fourth-order valence-electron chi connectivity index (χ4n) is 0.876. The van der Waals surface area contributed by atoms with Gasteiger partial charge in [0.2, 0.25) is 5.91 Å². The number of carbonyl (C=O) groups excluding carboxylic acids is 2. The van der Waals surface area contributed by atoms with E-state index in [1.165, 1.54) is 24.3 Å². The Morgan fingerprint density at radius 3 is 1.92 bits per heavy atom. The predicted molar refractivity (Wildman–Crippen MR) is 39.3 cm³/mol. The smallest absolute Gasteiger partial charge is 0.545 e. The van der Waals surface area contributed by atoms with Crippen molar-refractivity contribution in [1.29, 1.82) is 0 Å². The van der Waals surface area contributed by atoms with Crippen molar-refractivity contribution in [3.63, 3.8) is 0 Å². The van der Waals surface area contributed by atoms with Gasteiger partial charge in [0.05, 0.1) is 5.97 Å². The molecule has 0 radical (unpaired) electrons. The quantitative estimate of drug-likeness (QED) is 0.500. The van der Waals surface area contributed by atoms with E-state index in [9.17, 15) is 14.7 Å². The van der Waals surface area contributed by atoms with Crippen LogP contribution < -0.4 is 62.2 Å². The molecule has 0 unspecified atom stereocenters. The maximum atomic E-state index is 10.7. The van der Waals surface area contributed by atoms with Crippen molar-refractivity contribution in [1.82, 2.24) is 0 Å².